The number of aromatic nitrogens is 2. The lowest BCUT2D eigenvalue weighted by molar-refractivity contribution is -0.113. The van der Waals surface area contributed by atoms with E-state index in [1.165, 1.54) is 11.8 Å². The number of carbonyl (C=O) groups is 2. The molecule has 0 bridgehead atoms. The fourth-order valence-corrected chi connectivity index (χ4v) is 3.74. The molecule has 7 nitrogen and oxygen atoms in total. The summed E-state index contributed by atoms with van der Waals surface area (Å²) in [5, 5.41) is 6.50. The van der Waals surface area contributed by atoms with Gasteiger partial charge in [-0.05, 0) is 49.7 Å². The Morgan fingerprint density at radius 1 is 1.06 bits per heavy atom. The van der Waals surface area contributed by atoms with E-state index in [2.05, 4.69) is 22.5 Å². The summed E-state index contributed by atoms with van der Waals surface area (Å²) in [4.78, 5) is 29.6. The highest BCUT2D eigenvalue weighted by atomic mass is 32.2. The highest BCUT2D eigenvalue weighted by molar-refractivity contribution is 7.99. The average molecular weight is 439 g/mol. The lowest BCUT2D eigenvalue weighted by atomic mass is 10.1. The zero-order chi connectivity index (χ0) is 22.1. The summed E-state index contributed by atoms with van der Waals surface area (Å²) >= 11 is 1.37. The molecule has 0 aliphatic heterocycles. The normalized spacial score (nSPS) is 10.5. The van der Waals surface area contributed by atoms with Gasteiger partial charge in [-0.1, -0.05) is 30.8 Å². The minimum Gasteiger partial charge on any atom is -0.494 e. The summed E-state index contributed by atoms with van der Waals surface area (Å²) in [6.45, 7) is 5.45. The first-order valence-corrected chi connectivity index (χ1v) is 11.2. The van der Waals surface area contributed by atoms with E-state index in [1.807, 2.05) is 17.7 Å². The van der Waals surface area contributed by atoms with Crippen LogP contribution >= 0.6 is 11.8 Å². The molecule has 0 fully saturated rings. The summed E-state index contributed by atoms with van der Waals surface area (Å²) in [5.74, 6) is 0.448. The second-order valence-electron chi connectivity index (χ2n) is 6.70. The van der Waals surface area contributed by atoms with Crippen molar-refractivity contribution in [1.29, 1.82) is 0 Å². The van der Waals surface area contributed by atoms with Crippen molar-refractivity contribution < 1.29 is 14.3 Å². The van der Waals surface area contributed by atoms with Crippen molar-refractivity contribution >= 4 is 35.0 Å². The molecule has 31 heavy (non-hydrogen) atoms. The number of nitrogens with zero attached hydrogens (tertiary/aromatic N) is 2. The van der Waals surface area contributed by atoms with Crippen molar-refractivity contribution in [2.24, 2.45) is 0 Å². The molecule has 8 heteroatoms. The lowest BCUT2D eigenvalue weighted by Crippen LogP contribution is -2.19. The minimum atomic E-state index is -0.300. The van der Waals surface area contributed by atoms with Crippen molar-refractivity contribution in [2.75, 3.05) is 23.0 Å². The van der Waals surface area contributed by atoms with Gasteiger partial charge in [-0.2, -0.15) is 0 Å². The first-order valence-electron chi connectivity index (χ1n) is 10.2. The second-order valence-corrected chi connectivity index (χ2v) is 7.64. The Balaban J connectivity index is 1.61. The fourth-order valence-electron chi connectivity index (χ4n) is 2.95. The van der Waals surface area contributed by atoms with Gasteiger partial charge < -0.3 is 19.9 Å². The molecule has 162 valence electrons. The molecule has 0 aliphatic rings. The third-order valence-corrected chi connectivity index (χ3v) is 5.35. The predicted molar refractivity (Wildman–Crippen MR) is 124 cm³/mol. The standard InChI is InChI=1S/C23H26N4O3S/c1-3-14-27-15-13-24-23(27)31-16-21(28)26-20-8-6-5-7-19(20)22(29)25-17-9-11-18(12-10-17)30-4-2/h5-13,15H,3-4,14,16H2,1-2H3,(H,25,29)(H,26,28). The highest BCUT2D eigenvalue weighted by Gasteiger charge is 2.14. The number of imidazole rings is 1. The number of nitrogens with one attached hydrogen (secondary N) is 2. The number of anilines is 2. The number of para-hydroxylation sites is 1. The van der Waals surface area contributed by atoms with E-state index < -0.39 is 0 Å². The average Bonchev–Trinajstić information content (AvgIpc) is 3.21. The van der Waals surface area contributed by atoms with E-state index >= 15 is 0 Å². The lowest BCUT2D eigenvalue weighted by Gasteiger charge is -2.12. The minimum absolute atomic E-state index is 0.197. The second kappa shape index (κ2) is 11.2. The van der Waals surface area contributed by atoms with Gasteiger partial charge in [-0.25, -0.2) is 4.98 Å². The van der Waals surface area contributed by atoms with Gasteiger partial charge in [0.1, 0.15) is 5.75 Å². The molecule has 2 N–H and O–H groups in total. The summed E-state index contributed by atoms with van der Waals surface area (Å²) in [5.41, 5.74) is 1.50. The maximum Gasteiger partial charge on any atom is 0.257 e. The van der Waals surface area contributed by atoms with Gasteiger partial charge in [0.25, 0.3) is 5.91 Å². The first kappa shape index (κ1) is 22.4. The number of carbonyl (C=O) groups excluding carboxylic acids is 2. The van der Waals surface area contributed by atoms with Gasteiger partial charge in [-0.3, -0.25) is 9.59 Å². The Kier molecular flexibility index (Phi) is 8.12. The van der Waals surface area contributed by atoms with Gasteiger partial charge in [0.2, 0.25) is 5.91 Å². The quantitative estimate of drug-likeness (QED) is 0.449. The molecule has 1 aromatic heterocycles. The Hall–Kier alpha value is -3.26. The van der Waals surface area contributed by atoms with Gasteiger partial charge in [0.05, 0.1) is 23.6 Å². The van der Waals surface area contributed by atoms with Gasteiger partial charge in [0.15, 0.2) is 5.16 Å². The van der Waals surface area contributed by atoms with Crippen LogP contribution in [0.15, 0.2) is 66.1 Å². The molecule has 3 rings (SSSR count). The van der Waals surface area contributed by atoms with Gasteiger partial charge in [0, 0.05) is 24.6 Å². The van der Waals surface area contributed by atoms with Crippen molar-refractivity contribution in [3.63, 3.8) is 0 Å². The van der Waals surface area contributed by atoms with E-state index in [-0.39, 0.29) is 17.6 Å². The van der Waals surface area contributed by atoms with E-state index in [0.717, 1.165) is 23.9 Å². The van der Waals surface area contributed by atoms with Crippen molar-refractivity contribution in [3.8, 4) is 5.75 Å². The highest BCUT2D eigenvalue weighted by Crippen LogP contribution is 2.21. The van der Waals surface area contributed by atoms with Crippen LogP contribution in [0.5, 0.6) is 5.75 Å². The molecule has 2 amide bonds. The Morgan fingerprint density at radius 3 is 2.58 bits per heavy atom. The molecule has 0 saturated carbocycles. The number of rotatable bonds is 10. The Morgan fingerprint density at radius 2 is 1.84 bits per heavy atom. The molecule has 3 aromatic rings. The van der Waals surface area contributed by atoms with Crippen LogP contribution in [0.25, 0.3) is 0 Å². The third-order valence-electron chi connectivity index (χ3n) is 4.34. The van der Waals surface area contributed by atoms with Crippen molar-refractivity contribution in [3.05, 3.63) is 66.5 Å². The molecule has 0 unspecified atom stereocenters. The number of benzene rings is 2. The molecule has 0 aliphatic carbocycles. The molecular weight excluding hydrogens is 412 g/mol. The molecule has 1 heterocycles. The van der Waals surface area contributed by atoms with E-state index in [0.29, 0.717) is 23.5 Å². The van der Waals surface area contributed by atoms with Crippen LogP contribution in [0, 0.1) is 0 Å². The van der Waals surface area contributed by atoms with Crippen LogP contribution in [-0.4, -0.2) is 33.7 Å². The largest absolute Gasteiger partial charge is 0.494 e. The number of hydrogen-bond acceptors (Lipinski definition) is 5. The summed E-state index contributed by atoms with van der Waals surface area (Å²) in [7, 11) is 0. The smallest absolute Gasteiger partial charge is 0.257 e. The van der Waals surface area contributed by atoms with Crippen LogP contribution in [0.3, 0.4) is 0 Å². The van der Waals surface area contributed by atoms with Gasteiger partial charge in [-0.15, -0.1) is 0 Å². The Bertz CT molecular complexity index is 1020. The van der Waals surface area contributed by atoms with Crippen LogP contribution in [0.4, 0.5) is 11.4 Å². The van der Waals surface area contributed by atoms with Crippen molar-refractivity contribution in [1.82, 2.24) is 9.55 Å². The maximum absolute atomic E-state index is 12.8. The van der Waals surface area contributed by atoms with Crippen LogP contribution < -0.4 is 15.4 Å². The number of amides is 2. The van der Waals surface area contributed by atoms with Crippen molar-refractivity contribution in [2.45, 2.75) is 32.0 Å². The molecule has 0 atom stereocenters. The predicted octanol–water partition coefficient (Wildman–Crippen LogP) is 4.67. The SMILES string of the molecule is CCCn1ccnc1SCC(=O)Nc1ccccc1C(=O)Nc1ccc(OCC)cc1. The molecular formula is C23H26N4O3S. The Labute approximate surface area is 186 Å². The molecule has 2 aromatic carbocycles. The van der Waals surface area contributed by atoms with E-state index in [1.54, 1.807) is 54.7 Å². The number of ether oxygens (including phenoxy) is 1. The number of thioether (sulfide) groups is 1. The maximum atomic E-state index is 12.8. The first-order chi connectivity index (χ1) is 15.1. The van der Waals surface area contributed by atoms with E-state index in [4.69, 9.17) is 4.74 Å². The third kappa shape index (κ3) is 6.36. The number of hydrogen-bond donors (Lipinski definition) is 2. The topological polar surface area (TPSA) is 85.2 Å². The monoisotopic (exact) mass is 438 g/mol. The van der Waals surface area contributed by atoms with Crippen LogP contribution in [0.2, 0.25) is 0 Å². The van der Waals surface area contributed by atoms with Gasteiger partial charge >= 0.3 is 0 Å². The molecule has 0 saturated heterocycles. The summed E-state index contributed by atoms with van der Waals surface area (Å²) in [6.07, 6.45) is 4.63. The molecule has 0 radical (unpaired) electrons. The zero-order valence-corrected chi connectivity index (χ0v) is 18.4. The molecule has 0 spiro atoms. The zero-order valence-electron chi connectivity index (χ0n) is 17.6. The van der Waals surface area contributed by atoms with Crippen LogP contribution in [0.1, 0.15) is 30.6 Å². The number of aryl methyl sites for hydroxylation is 1. The van der Waals surface area contributed by atoms with E-state index in [9.17, 15) is 9.59 Å². The summed E-state index contributed by atoms with van der Waals surface area (Å²) in [6, 6.07) is 14.1. The summed E-state index contributed by atoms with van der Waals surface area (Å²) < 4.78 is 7.44. The van der Waals surface area contributed by atoms with Crippen LogP contribution in [-0.2, 0) is 11.3 Å². The fraction of sp³-hybridized carbons (Fsp3) is 0.261.